The Bertz CT molecular complexity index is 1050. The van der Waals surface area contributed by atoms with Crippen molar-refractivity contribution in [3.8, 4) is 17.2 Å². The van der Waals surface area contributed by atoms with Crippen molar-refractivity contribution in [3.05, 3.63) is 77.9 Å². The summed E-state index contributed by atoms with van der Waals surface area (Å²) >= 11 is 0. The van der Waals surface area contributed by atoms with Gasteiger partial charge in [-0.1, -0.05) is 36.4 Å². The second kappa shape index (κ2) is 7.50. The van der Waals surface area contributed by atoms with Crippen molar-refractivity contribution in [3.63, 3.8) is 0 Å². The molecule has 0 spiro atoms. The lowest BCUT2D eigenvalue weighted by Gasteiger charge is -2.38. The van der Waals surface area contributed by atoms with Crippen LogP contribution in [0.15, 0.2) is 66.7 Å². The van der Waals surface area contributed by atoms with Gasteiger partial charge in [0, 0.05) is 18.2 Å². The predicted octanol–water partition coefficient (Wildman–Crippen LogP) is 5.08. The van der Waals surface area contributed by atoms with Crippen LogP contribution in [0.2, 0.25) is 0 Å². The van der Waals surface area contributed by atoms with Crippen molar-refractivity contribution in [1.82, 2.24) is 4.90 Å². The number of rotatable bonds is 3. The smallest absolute Gasteiger partial charge is 0.245 e. The van der Waals surface area contributed by atoms with Crippen LogP contribution in [-0.4, -0.2) is 31.0 Å². The summed E-state index contributed by atoms with van der Waals surface area (Å²) in [4.78, 5) is 17.6. The highest BCUT2D eigenvalue weighted by atomic mass is 16.5. The molecular formula is C25H24N2O3. The number of para-hydroxylation sites is 4. The number of amides is 1. The standard InChI is InChI=1S/C25H24N2O3/c1-17-25-18(8-7-13-23(25)29-2)14-15-26(17)16-24(28)27-19-9-3-5-11-21(19)30-22-12-6-4-10-20(22)27/h3-13,17H,14-16H2,1-2H3. The van der Waals surface area contributed by atoms with Crippen LogP contribution in [0.3, 0.4) is 0 Å². The highest BCUT2D eigenvalue weighted by molar-refractivity contribution is 6.05. The highest BCUT2D eigenvalue weighted by Gasteiger charge is 2.33. The second-order valence-corrected chi connectivity index (χ2v) is 7.70. The average Bonchev–Trinajstić information content (AvgIpc) is 2.78. The van der Waals surface area contributed by atoms with Gasteiger partial charge in [-0.25, -0.2) is 0 Å². The maximum absolute atomic E-state index is 13.6. The fourth-order valence-corrected chi connectivity index (χ4v) is 4.53. The van der Waals surface area contributed by atoms with Gasteiger partial charge in [-0.15, -0.1) is 0 Å². The molecule has 5 nitrogen and oxygen atoms in total. The summed E-state index contributed by atoms with van der Waals surface area (Å²) in [6, 6.07) is 21.7. The van der Waals surface area contributed by atoms with Gasteiger partial charge in [-0.3, -0.25) is 14.6 Å². The third-order valence-corrected chi connectivity index (χ3v) is 6.03. The lowest BCUT2D eigenvalue weighted by Crippen LogP contribution is -2.43. The van der Waals surface area contributed by atoms with E-state index < -0.39 is 0 Å². The Kier molecular flexibility index (Phi) is 4.68. The molecule has 2 aliphatic rings. The van der Waals surface area contributed by atoms with E-state index in [0.717, 1.165) is 30.1 Å². The number of benzene rings is 3. The van der Waals surface area contributed by atoms with Crippen LogP contribution in [0.1, 0.15) is 24.1 Å². The molecule has 0 bridgehead atoms. The fourth-order valence-electron chi connectivity index (χ4n) is 4.53. The molecule has 2 heterocycles. The molecule has 0 aliphatic carbocycles. The van der Waals surface area contributed by atoms with E-state index in [1.54, 1.807) is 12.0 Å². The zero-order valence-electron chi connectivity index (χ0n) is 17.2. The summed E-state index contributed by atoms with van der Waals surface area (Å²) in [7, 11) is 1.70. The molecule has 0 N–H and O–H groups in total. The Balaban J connectivity index is 1.47. The first-order valence-electron chi connectivity index (χ1n) is 10.3. The van der Waals surface area contributed by atoms with E-state index >= 15 is 0 Å². The first kappa shape index (κ1) is 18.7. The van der Waals surface area contributed by atoms with Crippen LogP contribution in [0, 0.1) is 0 Å². The highest BCUT2D eigenvalue weighted by Crippen LogP contribution is 2.46. The topological polar surface area (TPSA) is 42.0 Å². The Morgan fingerprint density at radius 1 is 1.00 bits per heavy atom. The van der Waals surface area contributed by atoms with Crippen LogP contribution in [0.5, 0.6) is 17.2 Å². The van der Waals surface area contributed by atoms with Crippen molar-refractivity contribution in [1.29, 1.82) is 0 Å². The van der Waals surface area contributed by atoms with E-state index in [-0.39, 0.29) is 11.9 Å². The molecule has 0 fully saturated rings. The van der Waals surface area contributed by atoms with Crippen molar-refractivity contribution < 1.29 is 14.3 Å². The number of ether oxygens (including phenoxy) is 2. The summed E-state index contributed by atoms with van der Waals surface area (Å²) in [5, 5.41) is 0. The average molecular weight is 400 g/mol. The van der Waals surface area contributed by atoms with Gasteiger partial charge in [0.25, 0.3) is 0 Å². The van der Waals surface area contributed by atoms with Crippen molar-refractivity contribution in [2.75, 3.05) is 25.1 Å². The summed E-state index contributed by atoms with van der Waals surface area (Å²) < 4.78 is 11.6. The van der Waals surface area contributed by atoms with Crippen LogP contribution in [-0.2, 0) is 11.2 Å². The molecule has 3 aromatic carbocycles. The lowest BCUT2D eigenvalue weighted by molar-refractivity contribution is -0.119. The molecule has 3 aromatic rings. The molecule has 1 atom stereocenters. The Morgan fingerprint density at radius 2 is 1.67 bits per heavy atom. The summed E-state index contributed by atoms with van der Waals surface area (Å²) in [5.41, 5.74) is 4.04. The van der Waals surface area contributed by atoms with Gasteiger partial charge in [-0.05, 0) is 49.2 Å². The maximum atomic E-state index is 13.6. The van der Waals surface area contributed by atoms with Gasteiger partial charge >= 0.3 is 0 Å². The van der Waals surface area contributed by atoms with Crippen molar-refractivity contribution in [2.45, 2.75) is 19.4 Å². The van der Waals surface area contributed by atoms with Crippen LogP contribution in [0.4, 0.5) is 11.4 Å². The van der Waals surface area contributed by atoms with Gasteiger partial charge in [-0.2, -0.15) is 0 Å². The first-order chi connectivity index (χ1) is 14.7. The summed E-state index contributed by atoms with van der Waals surface area (Å²) in [6.07, 6.45) is 0.903. The fraction of sp³-hybridized carbons (Fsp3) is 0.240. The number of anilines is 2. The van der Waals surface area contributed by atoms with E-state index in [4.69, 9.17) is 9.47 Å². The van der Waals surface area contributed by atoms with Gasteiger partial charge in [0.1, 0.15) is 5.75 Å². The Morgan fingerprint density at radius 3 is 2.33 bits per heavy atom. The number of nitrogens with zero attached hydrogens (tertiary/aromatic N) is 2. The number of fused-ring (bicyclic) bond motifs is 3. The van der Waals surface area contributed by atoms with E-state index in [1.807, 2.05) is 60.7 Å². The van der Waals surface area contributed by atoms with E-state index in [0.29, 0.717) is 18.0 Å². The number of hydrogen-bond donors (Lipinski definition) is 0. The molecule has 1 unspecified atom stereocenters. The molecule has 0 aromatic heterocycles. The zero-order valence-corrected chi connectivity index (χ0v) is 17.2. The van der Waals surface area contributed by atoms with Gasteiger partial charge in [0.2, 0.25) is 5.91 Å². The van der Waals surface area contributed by atoms with Crippen molar-refractivity contribution in [2.24, 2.45) is 0 Å². The summed E-state index contributed by atoms with van der Waals surface area (Å²) in [5.74, 6) is 2.31. The molecule has 30 heavy (non-hydrogen) atoms. The Hall–Kier alpha value is -3.31. The van der Waals surface area contributed by atoms with E-state index in [1.165, 1.54) is 11.1 Å². The van der Waals surface area contributed by atoms with Crippen LogP contribution in [0.25, 0.3) is 0 Å². The molecular weight excluding hydrogens is 376 g/mol. The lowest BCUT2D eigenvalue weighted by atomic mass is 9.92. The SMILES string of the molecule is COc1cccc2c1C(C)N(CC(=O)N1c3ccccc3Oc3ccccc31)CC2. The zero-order chi connectivity index (χ0) is 20.7. The monoisotopic (exact) mass is 400 g/mol. The largest absolute Gasteiger partial charge is 0.496 e. The predicted molar refractivity (Wildman–Crippen MR) is 117 cm³/mol. The minimum atomic E-state index is 0.0309. The molecule has 1 amide bonds. The third kappa shape index (κ3) is 3.02. The number of carbonyl (C=O) groups excluding carboxylic acids is 1. The molecule has 2 aliphatic heterocycles. The first-order valence-corrected chi connectivity index (χ1v) is 10.3. The number of carbonyl (C=O) groups is 1. The van der Waals surface area contributed by atoms with Crippen LogP contribution >= 0.6 is 0 Å². The molecule has 5 rings (SSSR count). The van der Waals surface area contributed by atoms with Crippen molar-refractivity contribution >= 4 is 17.3 Å². The molecule has 152 valence electrons. The Labute approximate surface area is 176 Å². The number of methoxy groups -OCH3 is 1. The van der Waals surface area contributed by atoms with Gasteiger partial charge in [0.15, 0.2) is 11.5 Å². The minimum absolute atomic E-state index is 0.0309. The maximum Gasteiger partial charge on any atom is 0.245 e. The van der Waals surface area contributed by atoms with E-state index in [2.05, 4.69) is 17.9 Å². The summed E-state index contributed by atoms with van der Waals surface area (Å²) in [6.45, 7) is 3.30. The molecule has 0 saturated heterocycles. The normalized spacial score (nSPS) is 17.4. The number of hydrogen-bond acceptors (Lipinski definition) is 4. The minimum Gasteiger partial charge on any atom is -0.496 e. The molecule has 0 radical (unpaired) electrons. The van der Waals surface area contributed by atoms with Crippen LogP contribution < -0.4 is 14.4 Å². The quantitative estimate of drug-likeness (QED) is 0.615. The molecule has 5 heteroatoms. The van der Waals surface area contributed by atoms with E-state index in [9.17, 15) is 4.79 Å². The second-order valence-electron chi connectivity index (χ2n) is 7.70. The van der Waals surface area contributed by atoms with Gasteiger partial charge < -0.3 is 9.47 Å². The molecule has 0 saturated carbocycles. The van der Waals surface area contributed by atoms with Gasteiger partial charge in [0.05, 0.1) is 25.0 Å². The third-order valence-electron chi connectivity index (χ3n) is 6.03.